The number of rotatable bonds is 7. The third kappa shape index (κ3) is 5.50. The van der Waals surface area contributed by atoms with Crippen molar-refractivity contribution < 1.29 is 22.7 Å². The van der Waals surface area contributed by atoms with Crippen LogP contribution in [0.5, 0.6) is 0 Å². The summed E-state index contributed by atoms with van der Waals surface area (Å²) in [6.07, 6.45) is 0. The van der Waals surface area contributed by atoms with Crippen LogP contribution in [0.2, 0.25) is 5.02 Å². The lowest BCUT2D eigenvalue weighted by molar-refractivity contribution is -0.123. The van der Waals surface area contributed by atoms with Crippen LogP contribution >= 0.6 is 11.6 Å². The van der Waals surface area contributed by atoms with Gasteiger partial charge in [-0.05, 0) is 42.0 Å². The van der Waals surface area contributed by atoms with Gasteiger partial charge in [0.25, 0.3) is 0 Å². The number of carbonyl (C=O) groups is 1. The molecule has 0 aliphatic heterocycles. The molecule has 3 N–H and O–H groups in total. The third-order valence-corrected chi connectivity index (χ3v) is 5.04. The molecule has 9 heteroatoms. The fraction of sp³-hybridized carbons (Fsp3) is 0.188. The minimum atomic E-state index is -4.00. The zero-order chi connectivity index (χ0) is 18.4. The number of carbonyl (C=O) groups excluding carboxylic acids is 1. The van der Waals surface area contributed by atoms with Gasteiger partial charge in [0.2, 0.25) is 15.9 Å². The Labute approximate surface area is 149 Å². The van der Waals surface area contributed by atoms with Crippen molar-refractivity contribution in [2.45, 2.75) is 17.5 Å². The highest BCUT2D eigenvalue weighted by Gasteiger charge is 2.25. The molecule has 0 aliphatic rings. The first-order chi connectivity index (χ1) is 11.8. The summed E-state index contributed by atoms with van der Waals surface area (Å²) in [5, 5.41) is 12.2. The summed E-state index contributed by atoms with van der Waals surface area (Å²) >= 11 is 5.71. The molecule has 2 aromatic carbocycles. The van der Waals surface area contributed by atoms with E-state index in [9.17, 15) is 22.7 Å². The molecule has 0 radical (unpaired) electrons. The van der Waals surface area contributed by atoms with Crippen molar-refractivity contribution in [2.24, 2.45) is 0 Å². The van der Waals surface area contributed by atoms with Crippen LogP contribution in [0.15, 0.2) is 53.4 Å². The number of benzene rings is 2. The molecular weight excluding hydrogens is 371 g/mol. The van der Waals surface area contributed by atoms with E-state index in [0.29, 0.717) is 10.6 Å². The molecular formula is C16H16ClFN2O4S. The molecule has 0 saturated carbocycles. The normalized spacial score (nSPS) is 12.6. The van der Waals surface area contributed by atoms with E-state index in [4.69, 9.17) is 11.6 Å². The first-order valence-electron chi connectivity index (χ1n) is 7.23. The fourth-order valence-electron chi connectivity index (χ4n) is 1.96. The second-order valence-electron chi connectivity index (χ2n) is 5.15. The Morgan fingerprint density at radius 2 is 1.72 bits per heavy atom. The molecule has 0 spiro atoms. The van der Waals surface area contributed by atoms with Crippen molar-refractivity contribution in [1.82, 2.24) is 10.0 Å². The highest BCUT2D eigenvalue weighted by molar-refractivity contribution is 7.89. The maximum absolute atomic E-state index is 12.8. The van der Waals surface area contributed by atoms with Crippen LogP contribution in [0, 0.1) is 5.82 Å². The second-order valence-corrected chi connectivity index (χ2v) is 7.31. The van der Waals surface area contributed by atoms with Crippen molar-refractivity contribution in [2.75, 3.05) is 6.61 Å². The summed E-state index contributed by atoms with van der Waals surface area (Å²) in [7, 11) is -4.00. The number of halogens is 2. The lowest BCUT2D eigenvalue weighted by Gasteiger charge is -2.16. The summed E-state index contributed by atoms with van der Waals surface area (Å²) in [6.45, 7) is -0.652. The Kier molecular flexibility index (Phi) is 6.49. The van der Waals surface area contributed by atoms with Crippen molar-refractivity contribution in [3.8, 4) is 0 Å². The number of sulfonamides is 1. The first kappa shape index (κ1) is 19.3. The maximum Gasteiger partial charge on any atom is 0.241 e. The van der Waals surface area contributed by atoms with Crippen molar-refractivity contribution >= 4 is 27.5 Å². The number of aliphatic hydroxyl groups is 1. The lowest BCUT2D eigenvalue weighted by Crippen LogP contribution is -2.48. The molecule has 2 aromatic rings. The standard InChI is InChI=1S/C16H16ClFN2O4S/c17-12-3-7-14(8-4-12)25(23,24)20-15(10-21)16(22)19-9-11-1-5-13(18)6-2-11/h1-8,15,20-21H,9-10H2,(H,19,22)/t15-/m0/s1. The van der Waals surface area contributed by atoms with Gasteiger partial charge in [-0.15, -0.1) is 0 Å². The highest BCUT2D eigenvalue weighted by Crippen LogP contribution is 2.14. The van der Waals surface area contributed by atoms with E-state index in [1.165, 1.54) is 48.5 Å². The van der Waals surface area contributed by atoms with E-state index in [1.54, 1.807) is 0 Å². The largest absolute Gasteiger partial charge is 0.394 e. The van der Waals surface area contributed by atoms with Crippen molar-refractivity contribution in [3.63, 3.8) is 0 Å². The van der Waals surface area contributed by atoms with Gasteiger partial charge in [0.05, 0.1) is 11.5 Å². The quantitative estimate of drug-likeness (QED) is 0.671. The predicted molar refractivity (Wildman–Crippen MR) is 90.9 cm³/mol. The Bertz CT molecular complexity index is 826. The third-order valence-electron chi connectivity index (χ3n) is 3.30. The summed E-state index contributed by atoms with van der Waals surface area (Å²) in [5.41, 5.74) is 0.631. The molecule has 134 valence electrons. The topological polar surface area (TPSA) is 95.5 Å². The molecule has 6 nitrogen and oxygen atoms in total. The maximum atomic E-state index is 12.8. The molecule has 2 rings (SSSR count). The van der Waals surface area contributed by atoms with Gasteiger partial charge in [-0.3, -0.25) is 4.79 Å². The summed E-state index contributed by atoms with van der Waals surface area (Å²) in [6, 6.07) is 9.48. The zero-order valence-corrected chi connectivity index (χ0v) is 14.5. The Hall–Kier alpha value is -2.00. The van der Waals surface area contributed by atoms with Crippen LogP contribution in [-0.2, 0) is 21.4 Å². The molecule has 0 fully saturated rings. The van der Waals surface area contributed by atoms with Crippen molar-refractivity contribution in [3.05, 3.63) is 64.9 Å². The number of hydrogen-bond acceptors (Lipinski definition) is 4. The molecule has 0 aliphatic carbocycles. The number of amides is 1. The lowest BCUT2D eigenvalue weighted by atomic mass is 10.2. The van der Waals surface area contributed by atoms with Crippen LogP contribution in [0.1, 0.15) is 5.56 Å². The number of hydrogen-bond donors (Lipinski definition) is 3. The van der Waals surface area contributed by atoms with E-state index in [1.807, 2.05) is 0 Å². The van der Waals surface area contributed by atoms with Gasteiger partial charge < -0.3 is 10.4 Å². The summed E-state index contributed by atoms with van der Waals surface area (Å²) < 4.78 is 39.4. The van der Waals surface area contributed by atoms with E-state index in [-0.39, 0.29) is 11.4 Å². The van der Waals surface area contributed by atoms with Crippen LogP contribution in [0.4, 0.5) is 4.39 Å². The molecule has 0 bridgehead atoms. The minimum absolute atomic E-state index is 0.0677. The van der Waals surface area contributed by atoms with E-state index in [2.05, 4.69) is 10.0 Å². The summed E-state index contributed by atoms with van der Waals surface area (Å²) in [4.78, 5) is 12.0. The van der Waals surface area contributed by atoms with Gasteiger partial charge >= 0.3 is 0 Å². The van der Waals surface area contributed by atoms with E-state index >= 15 is 0 Å². The van der Waals surface area contributed by atoms with Gasteiger partial charge in [-0.1, -0.05) is 23.7 Å². The average molecular weight is 387 g/mol. The molecule has 25 heavy (non-hydrogen) atoms. The van der Waals surface area contributed by atoms with Crippen molar-refractivity contribution in [1.29, 1.82) is 0 Å². The Morgan fingerprint density at radius 3 is 2.28 bits per heavy atom. The highest BCUT2D eigenvalue weighted by atomic mass is 35.5. The predicted octanol–water partition coefficient (Wildman–Crippen LogP) is 1.43. The number of aliphatic hydroxyl groups excluding tert-OH is 1. The zero-order valence-electron chi connectivity index (χ0n) is 12.9. The monoisotopic (exact) mass is 386 g/mol. The SMILES string of the molecule is O=C(NCc1ccc(F)cc1)[C@H](CO)NS(=O)(=O)c1ccc(Cl)cc1. The van der Waals surface area contributed by atoms with Gasteiger partial charge in [-0.2, -0.15) is 4.72 Å². The number of nitrogens with one attached hydrogen (secondary N) is 2. The minimum Gasteiger partial charge on any atom is -0.394 e. The van der Waals surface area contributed by atoms with E-state index in [0.717, 1.165) is 0 Å². The molecule has 1 amide bonds. The Morgan fingerprint density at radius 1 is 1.12 bits per heavy atom. The molecule has 0 unspecified atom stereocenters. The van der Waals surface area contributed by atoms with Gasteiger partial charge in [-0.25, -0.2) is 12.8 Å². The average Bonchev–Trinajstić information content (AvgIpc) is 2.59. The van der Waals surface area contributed by atoms with Crippen LogP contribution in [0.3, 0.4) is 0 Å². The van der Waals surface area contributed by atoms with Gasteiger partial charge in [0.15, 0.2) is 0 Å². The molecule has 0 aromatic heterocycles. The van der Waals surface area contributed by atoms with Gasteiger partial charge in [0.1, 0.15) is 11.9 Å². The first-order valence-corrected chi connectivity index (χ1v) is 9.09. The van der Waals surface area contributed by atoms with Crippen LogP contribution < -0.4 is 10.0 Å². The second kappa shape index (κ2) is 8.39. The molecule has 0 saturated heterocycles. The van der Waals surface area contributed by atoms with Crippen LogP contribution in [-0.4, -0.2) is 32.1 Å². The smallest absolute Gasteiger partial charge is 0.241 e. The summed E-state index contributed by atoms with van der Waals surface area (Å²) in [5.74, 6) is -1.11. The van der Waals surface area contributed by atoms with Crippen LogP contribution in [0.25, 0.3) is 0 Å². The Balaban J connectivity index is 2.01. The fourth-order valence-corrected chi connectivity index (χ4v) is 3.27. The molecule has 0 heterocycles. The molecule has 1 atom stereocenters. The van der Waals surface area contributed by atoms with E-state index < -0.39 is 34.4 Å². The van der Waals surface area contributed by atoms with Gasteiger partial charge in [0, 0.05) is 11.6 Å².